The highest BCUT2D eigenvalue weighted by Crippen LogP contribution is 2.30. The van der Waals surface area contributed by atoms with E-state index in [1.54, 1.807) is 0 Å². The van der Waals surface area contributed by atoms with E-state index in [1.165, 1.54) is 11.8 Å². The van der Waals surface area contributed by atoms with Crippen LogP contribution in [0.1, 0.15) is 30.2 Å². The van der Waals surface area contributed by atoms with Crippen molar-refractivity contribution < 1.29 is 4.79 Å². The molecule has 1 heterocycles. The second kappa shape index (κ2) is 8.24. The molecule has 27 heavy (non-hydrogen) atoms. The normalized spacial score (nSPS) is 11.8. The fourth-order valence-corrected chi connectivity index (χ4v) is 4.09. The van der Waals surface area contributed by atoms with Crippen LogP contribution < -0.4 is 5.32 Å². The number of aromatic nitrogens is 1. The van der Waals surface area contributed by atoms with Gasteiger partial charge >= 0.3 is 0 Å². The third kappa shape index (κ3) is 4.29. The van der Waals surface area contributed by atoms with E-state index in [0.717, 1.165) is 27.7 Å². The van der Waals surface area contributed by atoms with Crippen LogP contribution in [-0.2, 0) is 4.79 Å². The molecule has 0 spiro atoms. The number of fused-ring (bicyclic) bond motifs is 1. The van der Waals surface area contributed by atoms with Crippen LogP contribution in [0, 0.1) is 25.2 Å². The van der Waals surface area contributed by atoms with E-state index in [4.69, 9.17) is 0 Å². The van der Waals surface area contributed by atoms with Gasteiger partial charge in [0.1, 0.15) is 11.1 Å². The molecule has 5 heteroatoms. The molecule has 0 radical (unpaired) electrons. The summed E-state index contributed by atoms with van der Waals surface area (Å²) < 4.78 is 0. The van der Waals surface area contributed by atoms with Crippen molar-refractivity contribution in [3.8, 4) is 6.07 Å². The summed E-state index contributed by atoms with van der Waals surface area (Å²) in [5, 5.41) is 15.0. The van der Waals surface area contributed by atoms with Gasteiger partial charge in [-0.1, -0.05) is 49.0 Å². The van der Waals surface area contributed by atoms with Crippen LogP contribution in [0.4, 0.5) is 5.69 Å². The Morgan fingerprint density at radius 2 is 1.93 bits per heavy atom. The van der Waals surface area contributed by atoms with Crippen molar-refractivity contribution in [2.75, 3.05) is 5.32 Å². The SMILES string of the molecule is CC[C@@H](Sc1nc(C)cc(C)c1C#N)C(=O)Nc1ccc2ccccc2c1. The smallest absolute Gasteiger partial charge is 0.237 e. The summed E-state index contributed by atoms with van der Waals surface area (Å²) in [6.45, 7) is 5.76. The number of aryl methyl sites for hydroxylation is 2. The number of hydrogen-bond acceptors (Lipinski definition) is 4. The molecule has 0 bridgehead atoms. The highest BCUT2D eigenvalue weighted by molar-refractivity contribution is 8.00. The van der Waals surface area contributed by atoms with E-state index in [-0.39, 0.29) is 11.2 Å². The monoisotopic (exact) mass is 375 g/mol. The van der Waals surface area contributed by atoms with E-state index in [2.05, 4.69) is 16.4 Å². The zero-order chi connectivity index (χ0) is 19.4. The largest absolute Gasteiger partial charge is 0.325 e. The minimum Gasteiger partial charge on any atom is -0.325 e. The number of rotatable bonds is 5. The van der Waals surface area contributed by atoms with E-state index in [1.807, 2.05) is 69.3 Å². The molecule has 0 aliphatic heterocycles. The molecule has 0 saturated heterocycles. The molecule has 2 aromatic carbocycles. The molecule has 3 rings (SSSR count). The van der Waals surface area contributed by atoms with Gasteiger partial charge in [0.05, 0.1) is 10.8 Å². The first-order valence-electron chi connectivity index (χ1n) is 8.86. The Morgan fingerprint density at radius 3 is 2.63 bits per heavy atom. The number of amides is 1. The first-order valence-corrected chi connectivity index (χ1v) is 9.74. The van der Waals surface area contributed by atoms with Crippen molar-refractivity contribution in [2.45, 2.75) is 37.5 Å². The highest BCUT2D eigenvalue weighted by atomic mass is 32.2. The van der Waals surface area contributed by atoms with Crippen LogP contribution in [0.2, 0.25) is 0 Å². The lowest BCUT2D eigenvalue weighted by Gasteiger charge is -2.16. The Balaban J connectivity index is 1.81. The van der Waals surface area contributed by atoms with E-state index >= 15 is 0 Å². The Kier molecular flexibility index (Phi) is 5.78. The third-order valence-corrected chi connectivity index (χ3v) is 5.71. The molecule has 4 nitrogen and oxygen atoms in total. The van der Waals surface area contributed by atoms with Crippen LogP contribution in [0.15, 0.2) is 53.6 Å². The average molecular weight is 375 g/mol. The fourth-order valence-electron chi connectivity index (χ4n) is 2.97. The summed E-state index contributed by atoms with van der Waals surface area (Å²) in [6, 6.07) is 18.0. The number of benzene rings is 2. The molecule has 0 aliphatic carbocycles. The lowest BCUT2D eigenvalue weighted by molar-refractivity contribution is -0.115. The van der Waals surface area contributed by atoms with Gasteiger partial charge in [-0.05, 0) is 54.8 Å². The maximum absolute atomic E-state index is 12.8. The number of nitriles is 1. The van der Waals surface area contributed by atoms with Gasteiger partial charge in [0, 0.05) is 11.4 Å². The standard InChI is InChI=1S/C22H21N3OS/c1-4-20(27-22-19(13-23)14(2)11-15(3)24-22)21(26)25-18-10-9-16-7-5-6-8-17(16)12-18/h5-12,20H,4H2,1-3H3,(H,25,26)/t20-/m1/s1. The van der Waals surface area contributed by atoms with Crippen LogP contribution in [-0.4, -0.2) is 16.1 Å². The molecule has 1 aromatic heterocycles. The Labute approximate surface area is 163 Å². The van der Waals surface area contributed by atoms with E-state index < -0.39 is 0 Å². The maximum Gasteiger partial charge on any atom is 0.237 e. The molecular weight excluding hydrogens is 354 g/mol. The summed E-state index contributed by atoms with van der Waals surface area (Å²) in [5.74, 6) is -0.0809. The number of pyridine rings is 1. The predicted molar refractivity (Wildman–Crippen MR) is 111 cm³/mol. The van der Waals surface area contributed by atoms with Crippen LogP contribution in [0.25, 0.3) is 10.8 Å². The summed E-state index contributed by atoms with van der Waals surface area (Å²) in [4.78, 5) is 17.3. The van der Waals surface area contributed by atoms with Crippen molar-refractivity contribution >= 4 is 34.1 Å². The molecular formula is C22H21N3OS. The molecule has 3 aromatic rings. The lowest BCUT2D eigenvalue weighted by Crippen LogP contribution is -2.24. The zero-order valence-corrected chi connectivity index (χ0v) is 16.4. The van der Waals surface area contributed by atoms with E-state index in [9.17, 15) is 10.1 Å². The number of nitrogens with zero attached hydrogens (tertiary/aromatic N) is 2. The fraction of sp³-hybridized carbons (Fsp3) is 0.227. The van der Waals surface area contributed by atoms with Crippen molar-refractivity contribution in [3.05, 3.63) is 65.4 Å². The number of nitrogens with one attached hydrogen (secondary N) is 1. The van der Waals surface area contributed by atoms with Gasteiger partial charge < -0.3 is 5.32 Å². The predicted octanol–water partition coefficient (Wildman–Crippen LogP) is 5.23. The molecule has 1 atom stereocenters. The number of hydrogen-bond donors (Lipinski definition) is 1. The summed E-state index contributed by atoms with van der Waals surface area (Å²) in [7, 11) is 0. The Bertz CT molecular complexity index is 1040. The third-order valence-electron chi connectivity index (χ3n) is 4.36. The van der Waals surface area contributed by atoms with Crippen molar-refractivity contribution in [1.82, 2.24) is 4.98 Å². The minimum absolute atomic E-state index is 0.0809. The lowest BCUT2D eigenvalue weighted by atomic mass is 10.1. The topological polar surface area (TPSA) is 65.8 Å². The first kappa shape index (κ1) is 18.9. The molecule has 0 saturated carbocycles. The van der Waals surface area contributed by atoms with Gasteiger partial charge in [-0.3, -0.25) is 4.79 Å². The number of anilines is 1. The molecule has 0 fully saturated rings. The second-order valence-corrected chi connectivity index (χ2v) is 7.63. The number of thioether (sulfide) groups is 1. The second-order valence-electron chi connectivity index (χ2n) is 6.44. The first-order chi connectivity index (χ1) is 13.0. The van der Waals surface area contributed by atoms with Crippen LogP contribution in [0.3, 0.4) is 0 Å². The quantitative estimate of drug-likeness (QED) is 0.620. The van der Waals surface area contributed by atoms with E-state index in [0.29, 0.717) is 17.0 Å². The average Bonchev–Trinajstić information content (AvgIpc) is 2.65. The highest BCUT2D eigenvalue weighted by Gasteiger charge is 2.21. The molecule has 136 valence electrons. The summed E-state index contributed by atoms with van der Waals surface area (Å²) in [6.07, 6.45) is 0.642. The van der Waals surface area contributed by atoms with Crippen molar-refractivity contribution in [1.29, 1.82) is 5.26 Å². The maximum atomic E-state index is 12.8. The Hall–Kier alpha value is -2.84. The number of carbonyl (C=O) groups excluding carboxylic acids is 1. The zero-order valence-electron chi connectivity index (χ0n) is 15.6. The van der Waals surface area contributed by atoms with Crippen molar-refractivity contribution in [3.63, 3.8) is 0 Å². The molecule has 0 aliphatic rings. The molecule has 1 N–H and O–H groups in total. The summed E-state index contributed by atoms with van der Waals surface area (Å²) >= 11 is 1.35. The minimum atomic E-state index is -0.322. The number of carbonyl (C=O) groups is 1. The van der Waals surface area contributed by atoms with Gasteiger partial charge in [0.2, 0.25) is 5.91 Å². The van der Waals surface area contributed by atoms with Gasteiger partial charge in [-0.15, -0.1) is 0 Å². The van der Waals surface area contributed by atoms with Gasteiger partial charge in [0.15, 0.2) is 0 Å². The van der Waals surface area contributed by atoms with Gasteiger partial charge in [0.25, 0.3) is 0 Å². The van der Waals surface area contributed by atoms with Crippen molar-refractivity contribution in [2.24, 2.45) is 0 Å². The molecule has 1 amide bonds. The van der Waals surface area contributed by atoms with Gasteiger partial charge in [-0.25, -0.2) is 4.98 Å². The van der Waals surface area contributed by atoms with Crippen LogP contribution >= 0.6 is 11.8 Å². The van der Waals surface area contributed by atoms with Gasteiger partial charge in [-0.2, -0.15) is 5.26 Å². The Morgan fingerprint density at radius 1 is 1.19 bits per heavy atom. The summed E-state index contributed by atoms with van der Waals surface area (Å²) in [5.41, 5.74) is 3.05. The molecule has 0 unspecified atom stereocenters. The van der Waals surface area contributed by atoms with Crippen LogP contribution in [0.5, 0.6) is 0 Å².